The number of rotatable bonds is 2. The lowest BCUT2D eigenvalue weighted by atomic mass is 10.1. The molecule has 0 spiro atoms. The normalized spacial score (nSPS) is 22.4. The van der Waals surface area contributed by atoms with Crippen molar-refractivity contribution in [3.63, 3.8) is 0 Å². The van der Waals surface area contributed by atoms with Crippen LogP contribution in [0.2, 0.25) is 13.1 Å². The van der Waals surface area contributed by atoms with Crippen LogP contribution in [0.3, 0.4) is 0 Å². The Morgan fingerprint density at radius 3 is 2.77 bits per heavy atom. The molecule has 0 fully saturated rings. The van der Waals surface area contributed by atoms with Gasteiger partial charge in [0.1, 0.15) is 0 Å². The van der Waals surface area contributed by atoms with Gasteiger partial charge in [0.2, 0.25) is 6.79 Å². The zero-order chi connectivity index (χ0) is 18.1. The summed E-state index contributed by atoms with van der Waals surface area (Å²) < 4.78 is 12.4. The molecule has 0 amide bonds. The van der Waals surface area contributed by atoms with Crippen molar-refractivity contribution in [2.75, 3.05) is 6.79 Å². The summed E-state index contributed by atoms with van der Waals surface area (Å²) in [7, 11) is -1.73. The Labute approximate surface area is 163 Å². The number of halogens is 1. The van der Waals surface area contributed by atoms with Crippen LogP contribution < -0.4 is 9.47 Å². The van der Waals surface area contributed by atoms with Gasteiger partial charge in [-0.3, -0.25) is 0 Å². The minimum absolute atomic E-state index is 0.309. The molecule has 2 aromatic carbocycles. The van der Waals surface area contributed by atoms with Crippen LogP contribution in [0.15, 0.2) is 46.5 Å². The standard InChI is InChI=1S/C22H21BrO2Si/c1-13-10-16-17(11-18-21(20(16)23)25-12-24-18)22(13)26(2,3)19-9-8-14-6-4-5-7-15(14)19/h4-11,19,22H,12H2,1-3H3. The lowest BCUT2D eigenvalue weighted by Crippen LogP contribution is -2.41. The van der Waals surface area contributed by atoms with E-state index in [1.807, 2.05) is 0 Å². The van der Waals surface area contributed by atoms with Gasteiger partial charge < -0.3 is 9.47 Å². The quantitative estimate of drug-likeness (QED) is 0.528. The summed E-state index contributed by atoms with van der Waals surface area (Å²) in [5, 5.41) is 0. The van der Waals surface area contributed by atoms with Gasteiger partial charge in [-0.25, -0.2) is 0 Å². The molecule has 1 aliphatic heterocycles. The number of benzene rings is 2. The van der Waals surface area contributed by atoms with Crippen LogP contribution in [0.25, 0.3) is 12.2 Å². The summed E-state index contributed by atoms with van der Waals surface area (Å²) in [6, 6.07) is 11.1. The first-order valence-corrected chi connectivity index (χ1v) is 13.0. The molecule has 2 aromatic rings. The van der Waals surface area contributed by atoms with Gasteiger partial charge >= 0.3 is 0 Å². The fourth-order valence-electron chi connectivity index (χ4n) is 5.04. The van der Waals surface area contributed by atoms with Gasteiger partial charge in [-0.1, -0.05) is 61.2 Å². The molecule has 1 heterocycles. The van der Waals surface area contributed by atoms with E-state index in [1.165, 1.54) is 27.8 Å². The molecule has 0 radical (unpaired) electrons. The number of allylic oxidation sites excluding steroid dienone is 2. The Hall–Kier alpha value is -1.78. The summed E-state index contributed by atoms with van der Waals surface area (Å²) in [4.78, 5) is 0. The van der Waals surface area contributed by atoms with Crippen molar-refractivity contribution in [2.24, 2.45) is 0 Å². The van der Waals surface area contributed by atoms with Crippen LogP contribution >= 0.6 is 15.9 Å². The number of ether oxygens (including phenoxy) is 2. The molecule has 0 saturated carbocycles. The van der Waals surface area contributed by atoms with Crippen molar-refractivity contribution in [3.05, 3.63) is 68.7 Å². The van der Waals surface area contributed by atoms with Gasteiger partial charge in [-0.05, 0) is 56.7 Å². The van der Waals surface area contributed by atoms with Crippen molar-refractivity contribution < 1.29 is 9.47 Å². The van der Waals surface area contributed by atoms with E-state index in [-0.39, 0.29) is 0 Å². The number of hydrogen-bond acceptors (Lipinski definition) is 2. The summed E-state index contributed by atoms with van der Waals surface area (Å²) in [6.45, 7) is 7.65. The Morgan fingerprint density at radius 2 is 1.92 bits per heavy atom. The molecule has 2 nitrogen and oxygen atoms in total. The van der Waals surface area contributed by atoms with E-state index < -0.39 is 8.07 Å². The summed E-state index contributed by atoms with van der Waals surface area (Å²) >= 11 is 3.77. The van der Waals surface area contributed by atoms with E-state index >= 15 is 0 Å². The van der Waals surface area contributed by atoms with Crippen LogP contribution in [-0.2, 0) is 0 Å². The third-order valence-electron chi connectivity index (χ3n) is 6.16. The lowest BCUT2D eigenvalue weighted by Gasteiger charge is -2.37. The first-order valence-electron chi connectivity index (χ1n) is 9.06. The molecule has 132 valence electrons. The average Bonchev–Trinajstić information content (AvgIpc) is 3.31. The summed E-state index contributed by atoms with van der Waals surface area (Å²) in [6.07, 6.45) is 7.08. The van der Waals surface area contributed by atoms with E-state index in [9.17, 15) is 0 Å². The maximum Gasteiger partial charge on any atom is 0.231 e. The molecule has 0 aromatic heterocycles. The summed E-state index contributed by atoms with van der Waals surface area (Å²) in [5.74, 6) is 1.72. The van der Waals surface area contributed by atoms with Crippen molar-refractivity contribution >= 4 is 36.2 Å². The number of fused-ring (bicyclic) bond motifs is 3. The van der Waals surface area contributed by atoms with Crippen LogP contribution in [0.4, 0.5) is 0 Å². The molecule has 4 heteroatoms. The number of hydrogen-bond donors (Lipinski definition) is 0. The van der Waals surface area contributed by atoms with E-state index in [0.717, 1.165) is 16.0 Å². The van der Waals surface area contributed by atoms with E-state index in [4.69, 9.17) is 9.47 Å². The first-order chi connectivity index (χ1) is 12.5. The second-order valence-corrected chi connectivity index (χ2v) is 13.7. The summed E-state index contributed by atoms with van der Waals surface area (Å²) in [5.41, 5.74) is 8.00. The van der Waals surface area contributed by atoms with Gasteiger partial charge in [-0.2, -0.15) is 0 Å². The molecule has 2 unspecified atom stereocenters. The van der Waals surface area contributed by atoms with E-state index in [1.54, 1.807) is 0 Å². The molecule has 0 N–H and O–H groups in total. The van der Waals surface area contributed by atoms with Crippen LogP contribution in [0.1, 0.15) is 40.3 Å². The third-order valence-corrected chi connectivity index (χ3v) is 11.3. The van der Waals surface area contributed by atoms with Crippen molar-refractivity contribution in [2.45, 2.75) is 31.1 Å². The van der Waals surface area contributed by atoms with Gasteiger partial charge in [0.25, 0.3) is 0 Å². The minimum Gasteiger partial charge on any atom is -0.454 e. The third kappa shape index (κ3) is 2.15. The van der Waals surface area contributed by atoms with Gasteiger partial charge in [0.05, 0.1) is 12.5 Å². The molecule has 0 bridgehead atoms. The highest BCUT2D eigenvalue weighted by Gasteiger charge is 2.45. The minimum atomic E-state index is -1.73. The molecular weight excluding hydrogens is 404 g/mol. The predicted octanol–water partition coefficient (Wildman–Crippen LogP) is 6.28. The Bertz CT molecular complexity index is 990. The lowest BCUT2D eigenvalue weighted by molar-refractivity contribution is 0.173. The van der Waals surface area contributed by atoms with Crippen LogP contribution in [-0.4, -0.2) is 14.9 Å². The molecule has 26 heavy (non-hydrogen) atoms. The fraction of sp³-hybridized carbons (Fsp3) is 0.273. The largest absolute Gasteiger partial charge is 0.454 e. The monoisotopic (exact) mass is 424 g/mol. The first kappa shape index (κ1) is 16.4. The zero-order valence-electron chi connectivity index (χ0n) is 15.2. The SMILES string of the molecule is CC1=Cc2c(cc3c(c2Br)OCO3)C1[Si](C)(C)C1C=Cc2ccccc21. The Balaban J connectivity index is 1.63. The highest BCUT2D eigenvalue weighted by molar-refractivity contribution is 9.10. The topological polar surface area (TPSA) is 18.5 Å². The van der Waals surface area contributed by atoms with Crippen molar-refractivity contribution in [3.8, 4) is 11.5 Å². The highest BCUT2D eigenvalue weighted by atomic mass is 79.9. The maximum absolute atomic E-state index is 5.71. The maximum atomic E-state index is 5.71. The van der Waals surface area contributed by atoms with E-state index in [2.05, 4.69) is 84.5 Å². The second kappa shape index (κ2) is 5.60. The fourth-order valence-corrected chi connectivity index (χ4v) is 10.0. The van der Waals surface area contributed by atoms with Crippen molar-refractivity contribution in [1.29, 1.82) is 0 Å². The molecule has 2 atom stereocenters. The Morgan fingerprint density at radius 1 is 1.12 bits per heavy atom. The molecular formula is C22H21BrO2Si. The zero-order valence-corrected chi connectivity index (χ0v) is 17.8. The molecule has 0 saturated heterocycles. The van der Waals surface area contributed by atoms with E-state index in [0.29, 0.717) is 17.9 Å². The van der Waals surface area contributed by atoms with Gasteiger partial charge in [0, 0.05) is 5.54 Å². The molecule has 2 aliphatic carbocycles. The molecule has 5 rings (SSSR count). The second-order valence-electron chi connectivity index (χ2n) is 8.04. The highest BCUT2D eigenvalue weighted by Crippen LogP contribution is 2.54. The average molecular weight is 425 g/mol. The predicted molar refractivity (Wildman–Crippen MR) is 112 cm³/mol. The van der Waals surface area contributed by atoms with Crippen molar-refractivity contribution in [1.82, 2.24) is 0 Å². The molecule has 3 aliphatic rings. The smallest absolute Gasteiger partial charge is 0.231 e. The Kier molecular flexibility index (Phi) is 3.53. The van der Waals surface area contributed by atoms with Gasteiger partial charge in [0.15, 0.2) is 11.5 Å². The van der Waals surface area contributed by atoms with Gasteiger partial charge in [-0.15, -0.1) is 0 Å². The van der Waals surface area contributed by atoms with Crippen LogP contribution in [0, 0.1) is 0 Å². The van der Waals surface area contributed by atoms with Crippen LogP contribution in [0.5, 0.6) is 11.5 Å².